The fraction of sp³-hybridized carbons (Fsp3) is 0.105. The number of rotatable bonds is 7. The first kappa shape index (κ1) is 21.5. The number of halogens is 2. The Kier molecular flexibility index (Phi) is 6.18. The number of carbonyl (C=O) groups excluding carboxylic acids is 1. The molecule has 0 bridgehead atoms. The van der Waals surface area contributed by atoms with Gasteiger partial charge in [-0.05, 0) is 37.3 Å². The number of aromatic nitrogens is 2. The van der Waals surface area contributed by atoms with Crippen molar-refractivity contribution >= 4 is 56.2 Å². The molecule has 1 aromatic heterocycles. The van der Waals surface area contributed by atoms with Gasteiger partial charge in [0.25, 0.3) is 0 Å². The Labute approximate surface area is 177 Å². The maximum absolute atomic E-state index is 14.1. The minimum absolute atomic E-state index is 0.0232. The number of ketones is 1. The van der Waals surface area contributed by atoms with Gasteiger partial charge in [-0.1, -0.05) is 23.7 Å². The van der Waals surface area contributed by atoms with E-state index >= 15 is 0 Å². The van der Waals surface area contributed by atoms with Crippen molar-refractivity contribution in [3.8, 4) is 0 Å². The minimum Gasteiger partial charge on any atom is -0.337 e. The molecular formula is C19H17ClFN5O3S. The highest BCUT2D eigenvalue weighted by molar-refractivity contribution is 7.92. The molecule has 0 amide bonds. The molecule has 3 rings (SSSR count). The zero-order chi connectivity index (χ0) is 21.9. The van der Waals surface area contributed by atoms with Crippen LogP contribution >= 0.6 is 11.6 Å². The zero-order valence-electron chi connectivity index (χ0n) is 15.9. The van der Waals surface area contributed by atoms with E-state index in [1.165, 1.54) is 31.3 Å². The van der Waals surface area contributed by atoms with Gasteiger partial charge in [0.2, 0.25) is 16.0 Å². The van der Waals surface area contributed by atoms with Crippen LogP contribution in [0.2, 0.25) is 5.02 Å². The van der Waals surface area contributed by atoms with Crippen LogP contribution in [-0.4, -0.2) is 30.4 Å². The van der Waals surface area contributed by atoms with E-state index in [-0.39, 0.29) is 28.3 Å². The number of hydrogen-bond acceptors (Lipinski definition) is 7. The first-order valence-corrected chi connectivity index (χ1v) is 10.8. The fourth-order valence-corrected chi connectivity index (χ4v) is 3.20. The van der Waals surface area contributed by atoms with Crippen LogP contribution in [0.15, 0.2) is 48.7 Å². The Morgan fingerprint density at radius 2 is 1.77 bits per heavy atom. The molecule has 0 unspecified atom stereocenters. The smallest absolute Gasteiger partial charge is 0.229 e. The molecule has 11 heteroatoms. The van der Waals surface area contributed by atoms with Crippen molar-refractivity contribution in [3.63, 3.8) is 0 Å². The molecule has 0 radical (unpaired) electrons. The third-order valence-electron chi connectivity index (χ3n) is 3.84. The number of nitrogens with one attached hydrogen (secondary N) is 3. The molecule has 1 heterocycles. The summed E-state index contributed by atoms with van der Waals surface area (Å²) >= 11 is 6.16. The topological polar surface area (TPSA) is 113 Å². The van der Waals surface area contributed by atoms with Gasteiger partial charge in [0.15, 0.2) is 11.6 Å². The summed E-state index contributed by atoms with van der Waals surface area (Å²) in [7, 11) is -3.50. The lowest BCUT2D eigenvalue weighted by Crippen LogP contribution is -2.11. The van der Waals surface area contributed by atoms with Gasteiger partial charge in [0, 0.05) is 5.56 Å². The Balaban J connectivity index is 1.91. The molecule has 30 heavy (non-hydrogen) atoms. The number of nitrogens with zero attached hydrogens (tertiary/aromatic N) is 2. The van der Waals surface area contributed by atoms with Crippen molar-refractivity contribution in [1.29, 1.82) is 0 Å². The van der Waals surface area contributed by atoms with E-state index in [1.807, 2.05) is 0 Å². The van der Waals surface area contributed by atoms with E-state index in [4.69, 9.17) is 11.6 Å². The van der Waals surface area contributed by atoms with Gasteiger partial charge in [-0.15, -0.1) is 0 Å². The Hall–Kier alpha value is -3.24. The van der Waals surface area contributed by atoms with Crippen molar-refractivity contribution < 1.29 is 17.6 Å². The fourth-order valence-electron chi connectivity index (χ4n) is 2.48. The molecule has 0 aliphatic carbocycles. The predicted molar refractivity (Wildman–Crippen MR) is 115 cm³/mol. The summed E-state index contributed by atoms with van der Waals surface area (Å²) in [5.41, 5.74) is 1.05. The number of anilines is 5. The predicted octanol–water partition coefficient (Wildman–Crippen LogP) is 4.33. The van der Waals surface area contributed by atoms with Gasteiger partial charge in [-0.3, -0.25) is 9.52 Å². The first-order chi connectivity index (χ1) is 14.1. The summed E-state index contributed by atoms with van der Waals surface area (Å²) in [4.78, 5) is 19.8. The van der Waals surface area contributed by atoms with Crippen LogP contribution in [-0.2, 0) is 10.0 Å². The van der Waals surface area contributed by atoms with Gasteiger partial charge in [-0.25, -0.2) is 17.8 Å². The number of hydrogen-bond donors (Lipinski definition) is 3. The summed E-state index contributed by atoms with van der Waals surface area (Å²) < 4.78 is 39.7. The first-order valence-electron chi connectivity index (χ1n) is 8.56. The maximum atomic E-state index is 14.1. The van der Waals surface area contributed by atoms with Crippen molar-refractivity contribution in [2.45, 2.75) is 6.92 Å². The molecule has 0 fully saturated rings. The van der Waals surface area contributed by atoms with Gasteiger partial charge in [-0.2, -0.15) is 4.98 Å². The van der Waals surface area contributed by atoms with Crippen LogP contribution in [0.1, 0.15) is 17.3 Å². The molecule has 0 saturated carbocycles. The third-order valence-corrected chi connectivity index (χ3v) is 4.71. The average molecular weight is 450 g/mol. The Bertz CT molecular complexity index is 1220. The summed E-state index contributed by atoms with van der Waals surface area (Å²) in [6.45, 7) is 1.37. The zero-order valence-corrected chi connectivity index (χ0v) is 17.5. The molecule has 0 atom stereocenters. The summed E-state index contributed by atoms with van der Waals surface area (Å²) in [5.74, 6) is -0.613. The quantitative estimate of drug-likeness (QED) is 0.460. The second-order valence-corrected chi connectivity index (χ2v) is 8.47. The average Bonchev–Trinajstić information content (AvgIpc) is 2.66. The lowest BCUT2D eigenvalue weighted by Gasteiger charge is -2.14. The van der Waals surface area contributed by atoms with Crippen LogP contribution in [0.5, 0.6) is 0 Å². The number of sulfonamides is 1. The highest BCUT2D eigenvalue weighted by atomic mass is 35.5. The molecule has 0 spiro atoms. The molecular weight excluding hydrogens is 433 g/mol. The van der Waals surface area contributed by atoms with Gasteiger partial charge >= 0.3 is 0 Å². The van der Waals surface area contributed by atoms with E-state index in [2.05, 4.69) is 25.3 Å². The lowest BCUT2D eigenvalue weighted by atomic mass is 10.1. The highest BCUT2D eigenvalue weighted by Crippen LogP contribution is 2.30. The highest BCUT2D eigenvalue weighted by Gasteiger charge is 2.13. The van der Waals surface area contributed by atoms with E-state index in [0.717, 1.165) is 6.26 Å². The van der Waals surface area contributed by atoms with E-state index in [9.17, 15) is 17.6 Å². The van der Waals surface area contributed by atoms with Crippen molar-refractivity contribution in [2.75, 3.05) is 21.6 Å². The number of Topliss-reactive ketones (excluding diaryl/α,β-unsaturated/α-hetero) is 1. The number of carbonyl (C=O) groups is 1. The van der Waals surface area contributed by atoms with E-state index < -0.39 is 15.8 Å². The molecule has 2 aromatic carbocycles. The molecule has 0 saturated heterocycles. The Morgan fingerprint density at radius 1 is 1.07 bits per heavy atom. The minimum atomic E-state index is -3.50. The number of para-hydroxylation sites is 2. The lowest BCUT2D eigenvalue weighted by molar-refractivity contribution is 0.101. The van der Waals surface area contributed by atoms with Crippen LogP contribution in [0.3, 0.4) is 0 Å². The molecule has 0 aliphatic rings. The Morgan fingerprint density at radius 3 is 2.43 bits per heavy atom. The van der Waals surface area contributed by atoms with Crippen LogP contribution in [0, 0.1) is 5.82 Å². The standard InChI is InChI=1S/C19H17ClFN5O3S/c1-11(27)12-7-8-14(21)17(9-12)24-19-22-10-13(20)18(25-19)23-15-5-3-4-6-16(15)26-30(2,28)29/h3-10,26H,1-2H3,(H2,22,23,24,25). The van der Waals surface area contributed by atoms with Gasteiger partial charge in [0.05, 0.1) is 29.5 Å². The second kappa shape index (κ2) is 8.64. The van der Waals surface area contributed by atoms with Crippen molar-refractivity contribution in [2.24, 2.45) is 0 Å². The van der Waals surface area contributed by atoms with Crippen molar-refractivity contribution in [3.05, 3.63) is 65.1 Å². The molecule has 0 aliphatic heterocycles. The normalized spacial score (nSPS) is 11.1. The third kappa shape index (κ3) is 5.43. The van der Waals surface area contributed by atoms with Crippen LogP contribution in [0.25, 0.3) is 0 Å². The van der Waals surface area contributed by atoms with E-state index in [0.29, 0.717) is 16.9 Å². The molecule has 8 nitrogen and oxygen atoms in total. The summed E-state index contributed by atoms with van der Waals surface area (Å²) in [6, 6.07) is 10.5. The maximum Gasteiger partial charge on any atom is 0.229 e. The van der Waals surface area contributed by atoms with E-state index in [1.54, 1.807) is 24.3 Å². The van der Waals surface area contributed by atoms with Crippen molar-refractivity contribution in [1.82, 2.24) is 9.97 Å². The number of benzene rings is 2. The van der Waals surface area contributed by atoms with Gasteiger partial charge in [0.1, 0.15) is 10.8 Å². The van der Waals surface area contributed by atoms with Crippen LogP contribution in [0.4, 0.5) is 33.2 Å². The SMILES string of the molecule is CC(=O)c1ccc(F)c(Nc2ncc(Cl)c(Nc3ccccc3NS(C)(=O)=O)n2)c1. The van der Waals surface area contributed by atoms with Crippen LogP contribution < -0.4 is 15.4 Å². The van der Waals surface area contributed by atoms with Gasteiger partial charge < -0.3 is 10.6 Å². The summed E-state index contributed by atoms with van der Waals surface area (Å²) in [5, 5.41) is 5.81. The molecule has 3 aromatic rings. The molecule has 156 valence electrons. The second-order valence-electron chi connectivity index (χ2n) is 6.31. The monoisotopic (exact) mass is 449 g/mol. The summed E-state index contributed by atoms with van der Waals surface area (Å²) in [6.07, 6.45) is 2.34. The molecule has 3 N–H and O–H groups in total. The largest absolute Gasteiger partial charge is 0.337 e.